The molecule has 1 aliphatic heterocycles. The molecule has 0 saturated carbocycles. The van der Waals surface area contributed by atoms with E-state index in [2.05, 4.69) is 15.6 Å². The second-order valence-electron chi connectivity index (χ2n) is 8.66. The number of hydrogen-bond donors (Lipinski definition) is 2. The maximum atomic E-state index is 13.4. The fourth-order valence-corrected chi connectivity index (χ4v) is 5.90. The van der Waals surface area contributed by atoms with E-state index in [0.29, 0.717) is 47.6 Å². The monoisotopic (exact) mass is 478 g/mol. The zero-order chi connectivity index (χ0) is 23.5. The minimum Gasteiger partial charge on any atom is -0.472 e. The first-order valence-electron chi connectivity index (χ1n) is 11.6. The van der Waals surface area contributed by atoms with E-state index in [0.717, 1.165) is 31.2 Å². The van der Waals surface area contributed by atoms with Crippen LogP contribution in [0, 0.1) is 0 Å². The number of likely N-dealkylation sites (tertiary alicyclic amines) is 1. The smallest absolute Gasteiger partial charge is 0.257 e. The van der Waals surface area contributed by atoms with E-state index in [4.69, 9.17) is 4.42 Å². The molecule has 2 aliphatic rings. The molecule has 1 aliphatic carbocycles. The number of carbonyl (C=O) groups is 3. The molecule has 0 atom stereocenters. The Morgan fingerprint density at radius 2 is 1.88 bits per heavy atom. The molecule has 5 rings (SSSR count). The summed E-state index contributed by atoms with van der Waals surface area (Å²) in [5, 5.41) is 6.73. The van der Waals surface area contributed by atoms with Crippen LogP contribution >= 0.6 is 11.3 Å². The lowest BCUT2D eigenvalue weighted by Gasteiger charge is -2.32. The van der Waals surface area contributed by atoms with Gasteiger partial charge in [-0.2, -0.15) is 0 Å². The first kappa shape index (κ1) is 22.3. The summed E-state index contributed by atoms with van der Waals surface area (Å²) in [5.41, 5.74) is 2.65. The number of carbonyl (C=O) groups excluding carboxylic acids is 3. The highest BCUT2D eigenvalue weighted by Crippen LogP contribution is 2.38. The predicted octanol–water partition coefficient (Wildman–Crippen LogP) is 3.90. The van der Waals surface area contributed by atoms with Crippen molar-refractivity contribution in [3.8, 4) is 0 Å². The van der Waals surface area contributed by atoms with Crippen molar-refractivity contribution in [3.05, 3.63) is 70.3 Å². The molecule has 3 aromatic rings. The summed E-state index contributed by atoms with van der Waals surface area (Å²) in [6, 6.07) is 5.05. The number of aryl methyl sites for hydroxylation is 1. The van der Waals surface area contributed by atoms with Gasteiger partial charge in [-0.3, -0.25) is 19.4 Å². The second kappa shape index (κ2) is 9.80. The maximum absolute atomic E-state index is 13.4. The Hall–Kier alpha value is -3.46. The van der Waals surface area contributed by atoms with Gasteiger partial charge < -0.3 is 20.0 Å². The van der Waals surface area contributed by atoms with Gasteiger partial charge in [0, 0.05) is 36.4 Å². The lowest BCUT2D eigenvalue weighted by atomic mass is 9.94. The predicted molar refractivity (Wildman–Crippen MR) is 128 cm³/mol. The van der Waals surface area contributed by atoms with Crippen molar-refractivity contribution in [2.45, 2.75) is 44.6 Å². The molecule has 0 unspecified atom stereocenters. The van der Waals surface area contributed by atoms with E-state index < -0.39 is 0 Å². The number of hydrogen-bond acceptors (Lipinski definition) is 6. The van der Waals surface area contributed by atoms with E-state index in [-0.39, 0.29) is 23.8 Å². The molecule has 4 heterocycles. The number of piperidine rings is 1. The van der Waals surface area contributed by atoms with Crippen molar-refractivity contribution in [2.75, 3.05) is 18.4 Å². The van der Waals surface area contributed by atoms with Crippen LogP contribution in [0.2, 0.25) is 0 Å². The maximum Gasteiger partial charge on any atom is 0.257 e. The van der Waals surface area contributed by atoms with Crippen molar-refractivity contribution in [3.63, 3.8) is 0 Å². The molecular formula is C25H26N4O4S. The summed E-state index contributed by atoms with van der Waals surface area (Å²) >= 11 is 1.50. The van der Waals surface area contributed by atoms with Crippen LogP contribution in [0.15, 0.2) is 47.5 Å². The topological polar surface area (TPSA) is 105 Å². The van der Waals surface area contributed by atoms with Crippen LogP contribution in [-0.2, 0) is 12.8 Å². The first-order valence-corrected chi connectivity index (χ1v) is 12.4. The van der Waals surface area contributed by atoms with Crippen LogP contribution in [0.25, 0.3) is 0 Å². The number of nitrogens with one attached hydrogen (secondary N) is 2. The SMILES string of the molecule is O=C(Nc1sc2c(c1C(=O)NC1CCN(C(=O)c3ccoc3)CC1)CCCC2)c1cccnc1. The van der Waals surface area contributed by atoms with Crippen LogP contribution in [0.3, 0.4) is 0 Å². The number of rotatable bonds is 5. The Morgan fingerprint density at radius 3 is 2.62 bits per heavy atom. The molecule has 1 fully saturated rings. The van der Waals surface area contributed by atoms with Crippen molar-refractivity contribution >= 4 is 34.1 Å². The third kappa shape index (κ3) is 4.61. The molecule has 0 radical (unpaired) electrons. The zero-order valence-corrected chi connectivity index (χ0v) is 19.5. The standard InChI is InChI=1S/C25H26N4O4S/c30-22(16-4-3-10-26-14-16)28-24-21(19-5-1-2-6-20(19)34-24)23(31)27-18-7-11-29(12-8-18)25(32)17-9-13-33-15-17/h3-4,9-10,13-15,18H,1-2,5-8,11-12H2,(H,27,31)(H,28,30). The zero-order valence-electron chi connectivity index (χ0n) is 18.7. The lowest BCUT2D eigenvalue weighted by Crippen LogP contribution is -2.46. The molecule has 9 heteroatoms. The summed E-state index contributed by atoms with van der Waals surface area (Å²) in [5.74, 6) is -0.474. The highest BCUT2D eigenvalue weighted by Gasteiger charge is 2.30. The quantitative estimate of drug-likeness (QED) is 0.579. The molecule has 1 saturated heterocycles. The molecule has 176 valence electrons. The van der Waals surface area contributed by atoms with Gasteiger partial charge in [-0.05, 0) is 62.3 Å². The normalized spacial score (nSPS) is 16.1. The number of fused-ring (bicyclic) bond motifs is 1. The van der Waals surface area contributed by atoms with Crippen molar-refractivity contribution in [2.24, 2.45) is 0 Å². The Balaban J connectivity index is 1.28. The van der Waals surface area contributed by atoms with Crippen LogP contribution in [0.5, 0.6) is 0 Å². The van der Waals surface area contributed by atoms with Gasteiger partial charge in [-0.25, -0.2) is 0 Å². The molecular weight excluding hydrogens is 452 g/mol. The molecule has 3 aromatic heterocycles. The summed E-state index contributed by atoms with van der Waals surface area (Å²) in [4.78, 5) is 45.7. The molecule has 2 N–H and O–H groups in total. The Labute approximate surface area is 201 Å². The van der Waals surface area contributed by atoms with Gasteiger partial charge in [-0.15, -0.1) is 11.3 Å². The van der Waals surface area contributed by atoms with Gasteiger partial charge in [0.05, 0.1) is 23.0 Å². The van der Waals surface area contributed by atoms with Crippen LogP contribution < -0.4 is 10.6 Å². The van der Waals surface area contributed by atoms with Crippen molar-refractivity contribution < 1.29 is 18.8 Å². The number of thiophene rings is 1. The van der Waals surface area contributed by atoms with Crippen molar-refractivity contribution in [1.29, 1.82) is 0 Å². The van der Waals surface area contributed by atoms with Gasteiger partial charge in [-0.1, -0.05) is 0 Å². The van der Waals surface area contributed by atoms with Crippen LogP contribution in [0.1, 0.15) is 67.2 Å². The average Bonchev–Trinajstić information content (AvgIpc) is 3.53. The summed E-state index contributed by atoms with van der Waals surface area (Å²) in [7, 11) is 0. The van der Waals surface area contributed by atoms with Gasteiger partial charge in [0.2, 0.25) is 0 Å². The highest BCUT2D eigenvalue weighted by molar-refractivity contribution is 7.17. The molecule has 0 bridgehead atoms. The molecule has 3 amide bonds. The van der Waals surface area contributed by atoms with E-state index >= 15 is 0 Å². The Morgan fingerprint density at radius 1 is 1.06 bits per heavy atom. The second-order valence-corrected chi connectivity index (χ2v) is 9.77. The number of furan rings is 1. The lowest BCUT2D eigenvalue weighted by molar-refractivity contribution is 0.0697. The van der Waals surface area contributed by atoms with Gasteiger partial charge in [0.25, 0.3) is 17.7 Å². The van der Waals surface area contributed by atoms with Gasteiger partial charge >= 0.3 is 0 Å². The average molecular weight is 479 g/mol. The first-order chi connectivity index (χ1) is 16.6. The highest BCUT2D eigenvalue weighted by atomic mass is 32.1. The minimum absolute atomic E-state index is 0.0260. The Bertz CT molecular complexity index is 1180. The molecule has 34 heavy (non-hydrogen) atoms. The van der Waals surface area contributed by atoms with E-state index in [9.17, 15) is 14.4 Å². The largest absolute Gasteiger partial charge is 0.472 e. The Kier molecular flexibility index (Phi) is 6.44. The van der Waals surface area contributed by atoms with Crippen molar-refractivity contribution in [1.82, 2.24) is 15.2 Å². The van der Waals surface area contributed by atoms with E-state index in [1.165, 1.54) is 34.9 Å². The molecule has 0 aromatic carbocycles. The number of anilines is 1. The summed E-state index contributed by atoms with van der Waals surface area (Å²) in [6.45, 7) is 1.14. The van der Waals surface area contributed by atoms with Gasteiger partial charge in [0.1, 0.15) is 11.3 Å². The number of amides is 3. The summed E-state index contributed by atoms with van der Waals surface area (Å²) < 4.78 is 5.02. The third-order valence-corrected chi connectivity index (χ3v) is 7.64. The number of aromatic nitrogens is 1. The number of pyridine rings is 1. The van der Waals surface area contributed by atoms with E-state index in [1.807, 2.05) is 0 Å². The summed E-state index contributed by atoms with van der Waals surface area (Å²) in [6.07, 6.45) is 11.3. The van der Waals surface area contributed by atoms with Crippen LogP contribution in [-0.4, -0.2) is 46.7 Å². The third-order valence-electron chi connectivity index (χ3n) is 6.43. The fourth-order valence-electron chi connectivity index (χ4n) is 4.62. The van der Waals surface area contributed by atoms with Crippen LogP contribution in [0.4, 0.5) is 5.00 Å². The minimum atomic E-state index is -0.271. The number of nitrogens with zero attached hydrogens (tertiary/aromatic N) is 2. The van der Waals surface area contributed by atoms with Gasteiger partial charge in [0.15, 0.2) is 0 Å². The van der Waals surface area contributed by atoms with E-state index in [1.54, 1.807) is 29.3 Å². The molecule has 0 spiro atoms. The molecule has 8 nitrogen and oxygen atoms in total. The fraction of sp³-hybridized carbons (Fsp3) is 0.360.